The highest BCUT2D eigenvalue weighted by Crippen LogP contribution is 2.24. The van der Waals surface area contributed by atoms with E-state index in [4.69, 9.17) is 0 Å². The molecule has 88 valence electrons. The summed E-state index contributed by atoms with van der Waals surface area (Å²) in [6.45, 7) is 3.09. The van der Waals surface area contributed by atoms with Crippen molar-refractivity contribution in [2.75, 3.05) is 7.05 Å². The number of aliphatic hydroxyl groups excluding tert-OH is 1. The maximum atomic E-state index is 9.87. The van der Waals surface area contributed by atoms with Crippen molar-refractivity contribution in [1.82, 2.24) is 4.90 Å². The maximum Gasteiger partial charge on any atom is 0.0695 e. The SMILES string of the molecule is Cc1ccccc1CN(C)[C@H]1CCC[C@@H]1O. The van der Waals surface area contributed by atoms with Crippen molar-refractivity contribution < 1.29 is 5.11 Å². The van der Waals surface area contributed by atoms with Gasteiger partial charge >= 0.3 is 0 Å². The minimum Gasteiger partial charge on any atom is -0.391 e. The molecule has 1 aromatic carbocycles. The van der Waals surface area contributed by atoms with E-state index in [-0.39, 0.29) is 6.10 Å². The lowest BCUT2D eigenvalue weighted by atomic mass is 10.1. The van der Waals surface area contributed by atoms with E-state index < -0.39 is 0 Å². The van der Waals surface area contributed by atoms with Crippen LogP contribution in [0.15, 0.2) is 24.3 Å². The highest BCUT2D eigenvalue weighted by atomic mass is 16.3. The van der Waals surface area contributed by atoms with Gasteiger partial charge in [-0.15, -0.1) is 0 Å². The number of hydrogen-bond acceptors (Lipinski definition) is 2. The fourth-order valence-electron chi connectivity index (χ4n) is 2.61. The predicted molar refractivity (Wildman–Crippen MR) is 66.3 cm³/mol. The first kappa shape index (κ1) is 11.6. The first-order valence-electron chi connectivity index (χ1n) is 6.11. The summed E-state index contributed by atoms with van der Waals surface area (Å²) in [5.74, 6) is 0. The largest absolute Gasteiger partial charge is 0.391 e. The first-order chi connectivity index (χ1) is 7.68. The topological polar surface area (TPSA) is 23.5 Å². The molecule has 0 unspecified atom stereocenters. The summed E-state index contributed by atoms with van der Waals surface area (Å²) < 4.78 is 0. The summed E-state index contributed by atoms with van der Waals surface area (Å²) in [5, 5.41) is 9.87. The van der Waals surface area contributed by atoms with Gasteiger partial charge in [-0.3, -0.25) is 4.90 Å². The van der Waals surface area contributed by atoms with Crippen LogP contribution in [0.4, 0.5) is 0 Å². The van der Waals surface area contributed by atoms with Gasteiger partial charge in [0, 0.05) is 12.6 Å². The van der Waals surface area contributed by atoms with E-state index >= 15 is 0 Å². The van der Waals surface area contributed by atoms with Crippen LogP contribution in [-0.2, 0) is 6.54 Å². The second kappa shape index (κ2) is 4.98. The number of nitrogens with zero attached hydrogens (tertiary/aromatic N) is 1. The summed E-state index contributed by atoms with van der Waals surface area (Å²) in [4.78, 5) is 2.29. The first-order valence-corrected chi connectivity index (χ1v) is 6.11. The molecule has 1 saturated carbocycles. The summed E-state index contributed by atoms with van der Waals surface area (Å²) in [7, 11) is 2.12. The van der Waals surface area contributed by atoms with Crippen LogP contribution in [-0.4, -0.2) is 29.2 Å². The van der Waals surface area contributed by atoms with E-state index in [2.05, 4.69) is 43.1 Å². The number of aliphatic hydroxyl groups is 1. The Morgan fingerprint density at radius 1 is 1.31 bits per heavy atom. The summed E-state index contributed by atoms with van der Waals surface area (Å²) >= 11 is 0. The molecule has 1 aliphatic carbocycles. The number of benzene rings is 1. The second-order valence-electron chi connectivity index (χ2n) is 4.91. The van der Waals surface area contributed by atoms with Crippen molar-refractivity contribution in [3.63, 3.8) is 0 Å². The molecule has 0 saturated heterocycles. The van der Waals surface area contributed by atoms with E-state index in [1.165, 1.54) is 11.1 Å². The van der Waals surface area contributed by atoms with E-state index in [1.54, 1.807) is 0 Å². The summed E-state index contributed by atoms with van der Waals surface area (Å²) in [5.41, 5.74) is 2.70. The van der Waals surface area contributed by atoms with Crippen LogP contribution >= 0.6 is 0 Å². The third kappa shape index (κ3) is 2.45. The van der Waals surface area contributed by atoms with Crippen molar-refractivity contribution >= 4 is 0 Å². The summed E-state index contributed by atoms with van der Waals surface area (Å²) in [6.07, 6.45) is 3.12. The van der Waals surface area contributed by atoms with Gasteiger partial charge < -0.3 is 5.11 Å². The minimum absolute atomic E-state index is 0.131. The lowest BCUT2D eigenvalue weighted by molar-refractivity contribution is 0.0824. The number of aryl methyl sites for hydroxylation is 1. The van der Waals surface area contributed by atoms with E-state index in [1.807, 2.05) is 0 Å². The molecule has 0 bridgehead atoms. The number of likely N-dealkylation sites (N-methyl/N-ethyl adjacent to an activating group) is 1. The molecule has 0 aliphatic heterocycles. The zero-order chi connectivity index (χ0) is 11.5. The Balaban J connectivity index is 2.02. The molecule has 1 N–H and O–H groups in total. The lowest BCUT2D eigenvalue weighted by Gasteiger charge is -2.27. The average molecular weight is 219 g/mol. The Hall–Kier alpha value is -0.860. The molecule has 0 aromatic heterocycles. The Kier molecular flexibility index (Phi) is 3.62. The van der Waals surface area contributed by atoms with Crippen LogP contribution in [0, 0.1) is 6.92 Å². The van der Waals surface area contributed by atoms with Gasteiger partial charge in [0.15, 0.2) is 0 Å². The Labute approximate surface area is 97.9 Å². The van der Waals surface area contributed by atoms with Gasteiger partial charge in [0.1, 0.15) is 0 Å². The van der Waals surface area contributed by atoms with E-state index in [0.717, 1.165) is 25.8 Å². The average Bonchev–Trinajstić information content (AvgIpc) is 2.68. The fourth-order valence-corrected chi connectivity index (χ4v) is 2.61. The standard InChI is InChI=1S/C14H21NO/c1-11-6-3-4-7-12(11)10-15(2)13-8-5-9-14(13)16/h3-4,6-7,13-14,16H,5,8-10H2,1-2H3/t13-,14-/m0/s1. The van der Waals surface area contributed by atoms with Gasteiger partial charge in [-0.2, -0.15) is 0 Å². The Bertz CT molecular complexity index is 350. The molecule has 0 heterocycles. The van der Waals surface area contributed by atoms with E-state index in [0.29, 0.717) is 6.04 Å². The quantitative estimate of drug-likeness (QED) is 0.843. The van der Waals surface area contributed by atoms with Crippen LogP contribution in [0.25, 0.3) is 0 Å². The summed E-state index contributed by atoms with van der Waals surface area (Å²) in [6, 6.07) is 8.82. The normalized spacial score (nSPS) is 25.2. The van der Waals surface area contributed by atoms with Gasteiger partial charge in [0.25, 0.3) is 0 Å². The van der Waals surface area contributed by atoms with Crippen molar-refractivity contribution in [1.29, 1.82) is 0 Å². The third-order valence-electron chi connectivity index (χ3n) is 3.69. The number of hydrogen-bond donors (Lipinski definition) is 1. The van der Waals surface area contributed by atoms with Crippen molar-refractivity contribution in [2.24, 2.45) is 0 Å². The maximum absolute atomic E-state index is 9.87. The molecule has 16 heavy (non-hydrogen) atoms. The predicted octanol–water partition coefficient (Wildman–Crippen LogP) is 2.34. The van der Waals surface area contributed by atoms with Crippen LogP contribution in [0.5, 0.6) is 0 Å². The highest BCUT2D eigenvalue weighted by Gasteiger charge is 2.28. The third-order valence-corrected chi connectivity index (χ3v) is 3.69. The molecular weight excluding hydrogens is 198 g/mol. The van der Waals surface area contributed by atoms with Crippen molar-refractivity contribution in [3.8, 4) is 0 Å². The fraction of sp³-hybridized carbons (Fsp3) is 0.571. The second-order valence-corrected chi connectivity index (χ2v) is 4.91. The van der Waals surface area contributed by atoms with Crippen molar-refractivity contribution in [2.45, 2.75) is 44.9 Å². The van der Waals surface area contributed by atoms with Gasteiger partial charge in [0.2, 0.25) is 0 Å². The van der Waals surface area contributed by atoms with Gasteiger partial charge in [-0.05, 0) is 44.4 Å². The van der Waals surface area contributed by atoms with Crippen LogP contribution in [0.2, 0.25) is 0 Å². The molecule has 1 aromatic rings. The number of rotatable bonds is 3. The Morgan fingerprint density at radius 3 is 2.69 bits per heavy atom. The Morgan fingerprint density at radius 2 is 2.06 bits per heavy atom. The molecule has 2 atom stereocenters. The van der Waals surface area contributed by atoms with Crippen LogP contribution in [0.3, 0.4) is 0 Å². The lowest BCUT2D eigenvalue weighted by Crippen LogP contribution is -2.37. The van der Waals surface area contributed by atoms with Crippen LogP contribution < -0.4 is 0 Å². The van der Waals surface area contributed by atoms with Gasteiger partial charge in [-0.1, -0.05) is 24.3 Å². The molecule has 2 nitrogen and oxygen atoms in total. The smallest absolute Gasteiger partial charge is 0.0695 e. The van der Waals surface area contributed by atoms with Gasteiger partial charge in [-0.25, -0.2) is 0 Å². The molecule has 2 rings (SSSR count). The monoisotopic (exact) mass is 219 g/mol. The minimum atomic E-state index is -0.131. The van der Waals surface area contributed by atoms with Crippen LogP contribution in [0.1, 0.15) is 30.4 Å². The van der Waals surface area contributed by atoms with E-state index in [9.17, 15) is 5.11 Å². The highest BCUT2D eigenvalue weighted by molar-refractivity contribution is 5.25. The molecule has 1 fully saturated rings. The molecule has 0 spiro atoms. The molecule has 0 radical (unpaired) electrons. The molecular formula is C14H21NO. The zero-order valence-electron chi connectivity index (χ0n) is 10.2. The van der Waals surface area contributed by atoms with Gasteiger partial charge in [0.05, 0.1) is 6.10 Å². The van der Waals surface area contributed by atoms with Crippen molar-refractivity contribution in [3.05, 3.63) is 35.4 Å². The molecule has 1 aliphatic rings. The zero-order valence-corrected chi connectivity index (χ0v) is 10.2. The molecule has 2 heteroatoms. The molecule has 0 amide bonds.